The lowest BCUT2D eigenvalue weighted by atomic mass is 9.87. The molecule has 2 heterocycles. The van der Waals surface area contributed by atoms with Crippen molar-refractivity contribution in [2.24, 2.45) is 5.92 Å². The zero-order chi connectivity index (χ0) is 29.1. The molecule has 1 saturated heterocycles. The van der Waals surface area contributed by atoms with Crippen molar-refractivity contribution in [1.82, 2.24) is 9.88 Å². The number of oxazole rings is 1. The number of fused-ring (bicyclic) bond motifs is 1. The summed E-state index contributed by atoms with van der Waals surface area (Å²) in [5, 5.41) is 3.19. The van der Waals surface area contributed by atoms with Crippen LogP contribution in [0.2, 0.25) is 0 Å². The number of hydrogen-bond acceptors (Lipinski definition) is 8. The van der Waals surface area contributed by atoms with E-state index in [2.05, 4.69) is 10.3 Å². The number of ether oxygens (including phenoxy) is 2. The molecule has 2 aromatic carbocycles. The lowest BCUT2D eigenvalue weighted by Gasteiger charge is -2.30. The summed E-state index contributed by atoms with van der Waals surface area (Å²) in [6, 6.07) is 7.41. The number of carbonyl (C=O) groups excluding carboxylic acids is 2. The van der Waals surface area contributed by atoms with Crippen molar-refractivity contribution in [2.75, 3.05) is 31.8 Å². The predicted molar refractivity (Wildman–Crippen MR) is 153 cm³/mol. The Hall–Kier alpha value is -3.18. The van der Waals surface area contributed by atoms with Crippen LogP contribution in [-0.4, -0.2) is 65.7 Å². The molecule has 1 aromatic heterocycles. The highest BCUT2D eigenvalue weighted by Gasteiger charge is 2.36. The third-order valence-corrected chi connectivity index (χ3v) is 9.13. The number of nitrogens with one attached hydrogen (secondary N) is 1. The first kappa shape index (κ1) is 29.3. The average molecular weight is 588 g/mol. The summed E-state index contributed by atoms with van der Waals surface area (Å²) >= 11 is 1.71. The van der Waals surface area contributed by atoms with E-state index in [4.69, 9.17) is 13.9 Å². The van der Waals surface area contributed by atoms with Crippen LogP contribution in [0.15, 0.2) is 34.7 Å². The van der Waals surface area contributed by atoms with Crippen LogP contribution in [-0.2, 0) is 25.5 Å². The summed E-state index contributed by atoms with van der Waals surface area (Å²) in [5.74, 6) is -1.46. The molecule has 41 heavy (non-hydrogen) atoms. The third kappa shape index (κ3) is 6.67. The fourth-order valence-electron chi connectivity index (χ4n) is 5.69. The van der Waals surface area contributed by atoms with Gasteiger partial charge in [0.1, 0.15) is 11.3 Å². The smallest absolute Gasteiger partial charge is 0.308 e. The van der Waals surface area contributed by atoms with Crippen molar-refractivity contribution in [3.63, 3.8) is 0 Å². The molecular formula is C30H35F2N3O5S. The minimum atomic E-state index is -0.636. The normalized spacial score (nSPS) is 22.7. The first-order valence-electron chi connectivity index (χ1n) is 13.9. The van der Waals surface area contributed by atoms with Gasteiger partial charge in [-0.1, -0.05) is 12.1 Å². The van der Waals surface area contributed by atoms with Crippen molar-refractivity contribution < 1.29 is 32.3 Å². The van der Waals surface area contributed by atoms with Crippen LogP contribution in [0.4, 0.5) is 20.5 Å². The van der Waals surface area contributed by atoms with Gasteiger partial charge in [-0.2, -0.15) is 16.7 Å². The third-order valence-electron chi connectivity index (χ3n) is 8.12. The summed E-state index contributed by atoms with van der Waals surface area (Å²) < 4.78 is 45.9. The van der Waals surface area contributed by atoms with E-state index < -0.39 is 11.6 Å². The number of hydrogen-bond donors (Lipinski definition) is 1. The van der Waals surface area contributed by atoms with Gasteiger partial charge in [0, 0.05) is 23.0 Å². The molecule has 11 heteroatoms. The molecule has 2 fully saturated rings. The Morgan fingerprint density at radius 1 is 1.17 bits per heavy atom. The van der Waals surface area contributed by atoms with Crippen molar-refractivity contribution in [3.05, 3.63) is 53.1 Å². The number of amides is 1. The quantitative estimate of drug-likeness (QED) is 0.315. The van der Waals surface area contributed by atoms with Crippen molar-refractivity contribution in [2.45, 2.75) is 62.8 Å². The Kier molecular flexibility index (Phi) is 9.13. The molecule has 3 aromatic rings. The van der Waals surface area contributed by atoms with Gasteiger partial charge in [-0.05, 0) is 69.0 Å². The van der Waals surface area contributed by atoms with E-state index in [-0.39, 0.29) is 58.8 Å². The second-order valence-corrected chi connectivity index (χ2v) is 11.9. The summed E-state index contributed by atoms with van der Waals surface area (Å²) in [4.78, 5) is 31.3. The number of methoxy groups -OCH3 is 1. The summed E-state index contributed by atoms with van der Waals surface area (Å²) in [5.41, 5.74) is 1.71. The molecule has 5 rings (SSSR count). The van der Waals surface area contributed by atoms with Gasteiger partial charge in [0.15, 0.2) is 11.4 Å². The van der Waals surface area contributed by atoms with E-state index in [9.17, 15) is 14.0 Å². The van der Waals surface area contributed by atoms with Crippen molar-refractivity contribution >= 4 is 46.4 Å². The van der Waals surface area contributed by atoms with Crippen LogP contribution in [0.1, 0.15) is 43.2 Å². The van der Waals surface area contributed by atoms with Gasteiger partial charge >= 0.3 is 5.97 Å². The van der Waals surface area contributed by atoms with E-state index in [1.165, 1.54) is 19.2 Å². The first-order valence-corrected chi connectivity index (χ1v) is 15.2. The van der Waals surface area contributed by atoms with Crippen LogP contribution >= 0.6 is 11.8 Å². The number of aromatic nitrogens is 1. The average Bonchev–Trinajstić information content (AvgIpc) is 3.59. The molecule has 0 unspecified atom stereocenters. The van der Waals surface area contributed by atoms with Crippen LogP contribution < -0.4 is 5.32 Å². The Morgan fingerprint density at radius 2 is 1.95 bits per heavy atom. The maximum Gasteiger partial charge on any atom is 0.308 e. The van der Waals surface area contributed by atoms with Gasteiger partial charge < -0.3 is 24.1 Å². The summed E-state index contributed by atoms with van der Waals surface area (Å²) in [7, 11) is 1.42. The second kappa shape index (κ2) is 12.8. The number of likely N-dealkylation sites (tertiary alicyclic amines) is 1. The van der Waals surface area contributed by atoms with Gasteiger partial charge in [0.25, 0.3) is 6.01 Å². The zero-order valence-electron chi connectivity index (χ0n) is 23.5. The van der Waals surface area contributed by atoms with Crippen LogP contribution in [0.25, 0.3) is 11.1 Å². The summed E-state index contributed by atoms with van der Waals surface area (Å²) in [6.07, 6.45) is 5.81. The molecule has 0 spiro atoms. The molecule has 1 saturated carbocycles. The van der Waals surface area contributed by atoms with E-state index >= 15 is 4.39 Å². The van der Waals surface area contributed by atoms with E-state index in [1.807, 2.05) is 18.1 Å². The highest BCUT2D eigenvalue weighted by atomic mass is 32.2. The molecule has 1 aliphatic carbocycles. The molecule has 1 amide bonds. The highest BCUT2D eigenvalue weighted by molar-refractivity contribution is 7.99. The number of benzene rings is 2. The molecule has 1 N–H and O–H groups in total. The van der Waals surface area contributed by atoms with Gasteiger partial charge in [0.2, 0.25) is 5.91 Å². The van der Waals surface area contributed by atoms with Crippen molar-refractivity contribution in [3.8, 4) is 0 Å². The zero-order valence-corrected chi connectivity index (χ0v) is 24.3. The molecule has 8 nitrogen and oxygen atoms in total. The number of halogens is 2. The lowest BCUT2D eigenvalue weighted by Crippen LogP contribution is -2.40. The fourth-order valence-corrected chi connectivity index (χ4v) is 6.41. The molecule has 1 aliphatic heterocycles. The number of nitrogens with zero attached hydrogens (tertiary/aromatic N) is 2. The molecule has 2 aliphatic rings. The standard InChI is InChI=1S/C30H35F2N3O5S/c1-17-4-8-20(31)13-25(17)34-30-33-24-11-7-19(27(32)28(24)40-30)12-26(36)35-15-23(41-3)14-21(35)16-39-22-9-5-18(6-10-22)29(37)38-2/h4,7-8,11,13,18,21-23H,5-6,9-10,12,14-16H2,1-3H3,(H,33,34)/t18-,21-,22-,23-/m0/s1. The second-order valence-electron chi connectivity index (χ2n) is 10.8. The summed E-state index contributed by atoms with van der Waals surface area (Å²) in [6.45, 7) is 2.80. The van der Waals surface area contributed by atoms with Gasteiger partial charge in [-0.15, -0.1) is 0 Å². The number of thioether (sulfide) groups is 1. The maximum absolute atomic E-state index is 15.5. The van der Waals surface area contributed by atoms with Crippen LogP contribution in [0.3, 0.4) is 0 Å². The van der Waals surface area contributed by atoms with E-state index in [0.717, 1.165) is 37.7 Å². The molecule has 0 bridgehead atoms. The Bertz CT molecular complexity index is 1410. The number of carbonyl (C=O) groups is 2. The lowest BCUT2D eigenvalue weighted by molar-refractivity contribution is -0.148. The molecule has 0 radical (unpaired) electrons. The topological polar surface area (TPSA) is 93.9 Å². The number of rotatable bonds is 9. The van der Waals surface area contributed by atoms with Gasteiger partial charge in [-0.25, -0.2) is 8.78 Å². The minimum Gasteiger partial charge on any atom is -0.469 e. The van der Waals surface area contributed by atoms with Gasteiger partial charge in [0.05, 0.1) is 38.2 Å². The SMILES string of the molecule is COC(=O)[C@H]1CC[C@H](OC[C@@H]2C[C@H](SC)CN2C(=O)Cc2ccc3nc(Nc4cc(F)ccc4C)oc3c2F)CC1. The maximum atomic E-state index is 15.5. The number of esters is 1. The van der Waals surface area contributed by atoms with E-state index in [0.29, 0.717) is 24.4 Å². The minimum absolute atomic E-state index is 0.0382. The van der Waals surface area contributed by atoms with Crippen molar-refractivity contribution in [1.29, 1.82) is 0 Å². The van der Waals surface area contributed by atoms with Crippen LogP contribution in [0, 0.1) is 24.5 Å². The number of anilines is 2. The fraction of sp³-hybridized carbons (Fsp3) is 0.500. The molecule has 2 atom stereocenters. The van der Waals surface area contributed by atoms with E-state index in [1.54, 1.807) is 30.0 Å². The number of aryl methyl sites for hydroxylation is 1. The Labute approximate surface area is 242 Å². The van der Waals surface area contributed by atoms with Gasteiger partial charge in [-0.3, -0.25) is 9.59 Å². The largest absolute Gasteiger partial charge is 0.469 e. The Morgan fingerprint density at radius 3 is 2.68 bits per heavy atom. The molecular weight excluding hydrogens is 552 g/mol. The highest BCUT2D eigenvalue weighted by Crippen LogP contribution is 2.32. The predicted octanol–water partition coefficient (Wildman–Crippen LogP) is 5.78. The Balaban J connectivity index is 1.23. The molecule has 220 valence electrons. The van der Waals surface area contributed by atoms with Crippen LogP contribution in [0.5, 0.6) is 0 Å². The first-order chi connectivity index (χ1) is 19.7. The monoisotopic (exact) mass is 587 g/mol.